The van der Waals surface area contributed by atoms with E-state index in [9.17, 15) is 4.79 Å². The molecule has 152 valence electrons. The van der Waals surface area contributed by atoms with Crippen molar-refractivity contribution < 1.29 is 9.53 Å². The van der Waals surface area contributed by atoms with Gasteiger partial charge in [-0.05, 0) is 60.2 Å². The van der Waals surface area contributed by atoms with E-state index in [4.69, 9.17) is 4.74 Å². The molecule has 30 heavy (non-hydrogen) atoms. The molecule has 3 nitrogen and oxygen atoms in total. The Bertz CT molecular complexity index is 1170. The van der Waals surface area contributed by atoms with E-state index in [0.29, 0.717) is 18.2 Å². The number of fused-ring (bicyclic) bond motifs is 1. The molecule has 0 aliphatic heterocycles. The monoisotopic (exact) mass is 397 g/mol. The van der Waals surface area contributed by atoms with Gasteiger partial charge in [-0.3, -0.25) is 4.79 Å². The van der Waals surface area contributed by atoms with Crippen molar-refractivity contribution in [2.24, 2.45) is 0 Å². The van der Waals surface area contributed by atoms with Gasteiger partial charge in [0.15, 0.2) is 6.29 Å². The van der Waals surface area contributed by atoms with E-state index in [1.807, 2.05) is 41.8 Å². The molecule has 0 spiro atoms. The predicted molar refractivity (Wildman–Crippen MR) is 122 cm³/mol. The van der Waals surface area contributed by atoms with Crippen LogP contribution in [0.4, 0.5) is 0 Å². The normalized spacial score (nSPS) is 12.1. The van der Waals surface area contributed by atoms with Crippen LogP contribution in [0.5, 0.6) is 5.75 Å². The van der Waals surface area contributed by atoms with E-state index in [1.54, 1.807) is 0 Å². The number of rotatable bonds is 7. The highest BCUT2D eigenvalue weighted by molar-refractivity contribution is 5.91. The van der Waals surface area contributed by atoms with Crippen LogP contribution in [0.2, 0.25) is 0 Å². The molecule has 0 aliphatic rings. The van der Waals surface area contributed by atoms with Crippen LogP contribution in [0.15, 0.2) is 72.9 Å². The molecule has 0 fully saturated rings. The lowest BCUT2D eigenvalue weighted by atomic mass is 9.94. The van der Waals surface area contributed by atoms with Crippen molar-refractivity contribution in [3.8, 4) is 16.9 Å². The molecule has 3 heteroatoms. The molecular formula is C27H27NO2. The first-order chi connectivity index (χ1) is 14.6. The Morgan fingerprint density at radius 2 is 1.80 bits per heavy atom. The minimum atomic E-state index is 0.436. The molecule has 2 heterocycles. The average molecular weight is 398 g/mol. The highest BCUT2D eigenvalue weighted by Crippen LogP contribution is 2.37. The molecule has 4 aromatic rings. The summed E-state index contributed by atoms with van der Waals surface area (Å²) in [6.45, 7) is 6.94. The lowest BCUT2D eigenvalue weighted by Gasteiger charge is -2.16. The van der Waals surface area contributed by atoms with Gasteiger partial charge in [0, 0.05) is 22.8 Å². The van der Waals surface area contributed by atoms with Crippen LogP contribution in [0, 0.1) is 6.92 Å². The van der Waals surface area contributed by atoms with E-state index < -0.39 is 0 Å². The number of hydrogen-bond acceptors (Lipinski definition) is 2. The second-order valence-corrected chi connectivity index (χ2v) is 7.90. The molecule has 0 radical (unpaired) electrons. The summed E-state index contributed by atoms with van der Waals surface area (Å²) in [5.41, 5.74) is 7.00. The molecule has 0 saturated heterocycles. The average Bonchev–Trinajstić information content (AvgIpc) is 3.15. The quantitative estimate of drug-likeness (QED) is 0.320. The molecule has 2 aromatic heterocycles. The number of pyridine rings is 1. The second-order valence-electron chi connectivity index (χ2n) is 7.90. The van der Waals surface area contributed by atoms with E-state index in [0.717, 1.165) is 46.2 Å². The molecule has 0 saturated carbocycles. The minimum absolute atomic E-state index is 0.436. The summed E-state index contributed by atoms with van der Waals surface area (Å²) < 4.78 is 8.21. The fraction of sp³-hybridized carbons (Fsp3) is 0.222. The first-order valence-corrected chi connectivity index (χ1v) is 10.5. The predicted octanol–water partition coefficient (Wildman–Crippen LogP) is 6.82. The van der Waals surface area contributed by atoms with Gasteiger partial charge in [-0.1, -0.05) is 56.3 Å². The van der Waals surface area contributed by atoms with Crippen molar-refractivity contribution >= 4 is 11.8 Å². The molecule has 2 aromatic carbocycles. The Kier molecular flexibility index (Phi) is 5.71. The van der Waals surface area contributed by atoms with Crippen LogP contribution >= 0.6 is 0 Å². The lowest BCUT2D eigenvalue weighted by Crippen LogP contribution is -2.00. The lowest BCUT2D eigenvalue weighted by molar-refractivity contribution is 0.111. The number of hydrogen-bond donors (Lipinski definition) is 0. The maximum absolute atomic E-state index is 12.1. The van der Waals surface area contributed by atoms with E-state index in [1.165, 1.54) is 5.56 Å². The molecule has 0 amide bonds. The summed E-state index contributed by atoms with van der Waals surface area (Å²) in [6.07, 6.45) is 4.01. The second kappa shape index (κ2) is 8.58. The standard InChI is InChI=1S/C27H27NO2/c1-4-20(3)22-11-13-27(30-18-21-8-6-5-7-9-21)25(14-22)24-15-23-12-10-19(2)16-28(23)26(24)17-29/h5-17,20H,4,18H2,1-3H3. The molecule has 4 rings (SSSR count). The van der Waals surface area contributed by atoms with Gasteiger partial charge in [0.2, 0.25) is 0 Å². The summed E-state index contributed by atoms with van der Waals surface area (Å²) in [5, 5.41) is 0. The van der Waals surface area contributed by atoms with Crippen LogP contribution in [0.1, 0.15) is 53.4 Å². The maximum Gasteiger partial charge on any atom is 0.167 e. The number of aryl methyl sites for hydroxylation is 1. The SMILES string of the molecule is CCC(C)c1ccc(OCc2ccccc2)c(-c2cc3ccc(C)cn3c2C=O)c1. The third-order valence-corrected chi connectivity index (χ3v) is 5.78. The van der Waals surface area contributed by atoms with Gasteiger partial charge in [0.1, 0.15) is 12.4 Å². The van der Waals surface area contributed by atoms with Gasteiger partial charge < -0.3 is 9.14 Å². The van der Waals surface area contributed by atoms with Crippen LogP contribution in [0.25, 0.3) is 16.6 Å². The summed E-state index contributed by atoms with van der Waals surface area (Å²) in [7, 11) is 0. The zero-order valence-electron chi connectivity index (χ0n) is 17.8. The summed E-state index contributed by atoms with van der Waals surface area (Å²) in [6, 6.07) is 22.7. The van der Waals surface area contributed by atoms with Gasteiger partial charge >= 0.3 is 0 Å². The smallest absolute Gasteiger partial charge is 0.167 e. The zero-order valence-corrected chi connectivity index (χ0v) is 17.8. The molecular weight excluding hydrogens is 370 g/mol. The van der Waals surface area contributed by atoms with Gasteiger partial charge in [0.05, 0.1) is 5.69 Å². The van der Waals surface area contributed by atoms with Gasteiger partial charge in [-0.15, -0.1) is 0 Å². The Labute approximate surface area is 177 Å². The number of aromatic nitrogens is 1. The number of carbonyl (C=O) groups is 1. The summed E-state index contributed by atoms with van der Waals surface area (Å²) >= 11 is 0. The third kappa shape index (κ3) is 3.88. The van der Waals surface area contributed by atoms with Crippen LogP contribution in [-0.2, 0) is 6.61 Å². The number of carbonyl (C=O) groups excluding carboxylic acids is 1. The largest absolute Gasteiger partial charge is 0.488 e. The Morgan fingerprint density at radius 1 is 1.00 bits per heavy atom. The van der Waals surface area contributed by atoms with Gasteiger partial charge in [-0.2, -0.15) is 0 Å². The van der Waals surface area contributed by atoms with Crippen molar-refractivity contribution in [1.82, 2.24) is 4.40 Å². The number of aldehydes is 1. The minimum Gasteiger partial charge on any atom is -0.488 e. The maximum atomic E-state index is 12.1. The van der Waals surface area contributed by atoms with Crippen molar-refractivity contribution in [2.75, 3.05) is 0 Å². The van der Waals surface area contributed by atoms with Gasteiger partial charge in [-0.25, -0.2) is 0 Å². The van der Waals surface area contributed by atoms with Crippen molar-refractivity contribution in [3.05, 3.63) is 95.3 Å². The van der Waals surface area contributed by atoms with Crippen LogP contribution in [-0.4, -0.2) is 10.7 Å². The molecule has 1 atom stereocenters. The van der Waals surface area contributed by atoms with Gasteiger partial charge in [0.25, 0.3) is 0 Å². The number of nitrogens with zero attached hydrogens (tertiary/aromatic N) is 1. The van der Waals surface area contributed by atoms with Crippen molar-refractivity contribution in [2.45, 2.75) is 39.7 Å². The van der Waals surface area contributed by atoms with E-state index in [2.05, 4.69) is 56.3 Å². The molecule has 0 aliphatic carbocycles. The highest BCUT2D eigenvalue weighted by atomic mass is 16.5. The topological polar surface area (TPSA) is 30.7 Å². The van der Waals surface area contributed by atoms with E-state index in [-0.39, 0.29) is 0 Å². The molecule has 0 N–H and O–H groups in total. The summed E-state index contributed by atoms with van der Waals surface area (Å²) in [4.78, 5) is 12.1. The Balaban J connectivity index is 1.83. The summed E-state index contributed by atoms with van der Waals surface area (Å²) in [5.74, 6) is 1.23. The fourth-order valence-electron chi connectivity index (χ4n) is 3.79. The highest BCUT2D eigenvalue weighted by Gasteiger charge is 2.17. The number of ether oxygens (including phenoxy) is 1. The van der Waals surface area contributed by atoms with Crippen LogP contribution < -0.4 is 4.74 Å². The third-order valence-electron chi connectivity index (χ3n) is 5.78. The Morgan fingerprint density at radius 3 is 2.53 bits per heavy atom. The van der Waals surface area contributed by atoms with Crippen molar-refractivity contribution in [1.29, 1.82) is 0 Å². The number of benzene rings is 2. The first-order valence-electron chi connectivity index (χ1n) is 10.5. The zero-order chi connectivity index (χ0) is 21.1. The molecule has 1 unspecified atom stereocenters. The van der Waals surface area contributed by atoms with E-state index >= 15 is 0 Å². The Hall–Kier alpha value is -3.33. The fourth-order valence-corrected chi connectivity index (χ4v) is 3.79. The first kappa shape index (κ1) is 20.0. The van der Waals surface area contributed by atoms with Crippen LogP contribution in [0.3, 0.4) is 0 Å². The molecule has 0 bridgehead atoms. The van der Waals surface area contributed by atoms with Crippen molar-refractivity contribution in [3.63, 3.8) is 0 Å².